The van der Waals surface area contributed by atoms with Crippen molar-refractivity contribution in [3.63, 3.8) is 0 Å². The molecule has 0 spiro atoms. The number of nitrogens with one attached hydrogen (secondary N) is 1. The minimum Gasteiger partial charge on any atom is -0.396 e. The zero-order valence-electron chi connectivity index (χ0n) is 12.3. The van der Waals surface area contributed by atoms with Gasteiger partial charge in [-0.05, 0) is 26.9 Å². The number of hydrogen-bond acceptors (Lipinski definition) is 8. The summed E-state index contributed by atoms with van der Waals surface area (Å²) in [6.07, 6.45) is 0.384. The maximum atomic E-state index is 8.24. The van der Waals surface area contributed by atoms with Crippen LogP contribution in [0.25, 0.3) is 0 Å². The highest BCUT2D eigenvalue weighted by molar-refractivity contribution is 4.40. The summed E-state index contributed by atoms with van der Waals surface area (Å²) in [7, 11) is 1.80. The predicted octanol–water partition coefficient (Wildman–Crippen LogP) is -3.21. The van der Waals surface area contributed by atoms with Crippen LogP contribution in [0.4, 0.5) is 0 Å². The summed E-state index contributed by atoms with van der Waals surface area (Å²) in [6.45, 7) is 4.23. The van der Waals surface area contributed by atoms with Gasteiger partial charge in [-0.3, -0.25) is 0 Å². The smallest absolute Gasteiger partial charge is 0.0634 e. The van der Waals surface area contributed by atoms with Crippen LogP contribution in [0.5, 0.6) is 0 Å². The normalized spacial score (nSPS) is 9.95. The molecule has 0 fully saturated rings. The van der Waals surface area contributed by atoms with Crippen LogP contribution in [-0.2, 0) is 0 Å². The Balaban J connectivity index is -0.0000000793. The summed E-state index contributed by atoms with van der Waals surface area (Å²) in [5.41, 5.74) is 14.7. The quantitative estimate of drug-likeness (QED) is 0.252. The Morgan fingerprint density at radius 1 is 0.947 bits per heavy atom. The SMILES string of the molecule is CC(O)CN.CNCCO.NCCCO.NCCO. The number of likely N-dealkylation sites (N-methyl/N-ethyl adjacent to an activating group) is 1. The van der Waals surface area contributed by atoms with Gasteiger partial charge in [-0.2, -0.15) is 0 Å². The fourth-order valence-electron chi connectivity index (χ4n) is 0.203. The molecule has 0 amide bonds. The summed E-state index contributed by atoms with van der Waals surface area (Å²) < 4.78 is 0. The first kappa shape index (κ1) is 27.1. The Hall–Kier alpha value is -0.320. The highest BCUT2D eigenvalue weighted by Gasteiger charge is 1.81. The van der Waals surface area contributed by atoms with Gasteiger partial charge < -0.3 is 42.9 Å². The third-order valence-electron chi connectivity index (χ3n) is 1.19. The Morgan fingerprint density at radius 3 is 1.37 bits per heavy atom. The average Bonchev–Trinajstić information content (AvgIpc) is 2.42. The molecule has 0 aliphatic carbocycles. The van der Waals surface area contributed by atoms with E-state index < -0.39 is 0 Å². The first-order chi connectivity index (χ1) is 9.01. The van der Waals surface area contributed by atoms with Gasteiger partial charge in [0.2, 0.25) is 0 Å². The highest BCUT2D eigenvalue weighted by Crippen LogP contribution is 1.65. The van der Waals surface area contributed by atoms with Crippen molar-refractivity contribution in [1.29, 1.82) is 0 Å². The maximum Gasteiger partial charge on any atom is 0.0634 e. The van der Waals surface area contributed by atoms with Gasteiger partial charge in [0.25, 0.3) is 0 Å². The lowest BCUT2D eigenvalue weighted by Gasteiger charge is -1.91. The Labute approximate surface area is 116 Å². The summed E-state index contributed by atoms with van der Waals surface area (Å²) in [4.78, 5) is 0. The van der Waals surface area contributed by atoms with Crippen LogP contribution >= 0.6 is 0 Å². The second-order valence-electron chi connectivity index (χ2n) is 3.29. The van der Waals surface area contributed by atoms with E-state index in [0.29, 0.717) is 26.2 Å². The summed E-state index contributed by atoms with van der Waals surface area (Å²) in [6, 6.07) is 0. The molecule has 0 rings (SSSR count). The van der Waals surface area contributed by atoms with Gasteiger partial charge in [0.1, 0.15) is 0 Å². The van der Waals surface area contributed by atoms with E-state index in [-0.39, 0.29) is 25.9 Å². The molecule has 8 nitrogen and oxygen atoms in total. The van der Waals surface area contributed by atoms with E-state index in [2.05, 4.69) is 5.32 Å². The van der Waals surface area contributed by atoms with Gasteiger partial charge in [-0.25, -0.2) is 0 Å². The molecule has 19 heavy (non-hydrogen) atoms. The first-order valence-corrected chi connectivity index (χ1v) is 6.27. The summed E-state index contributed by atoms with van der Waals surface area (Å²) >= 11 is 0. The van der Waals surface area contributed by atoms with Crippen molar-refractivity contribution in [2.24, 2.45) is 17.2 Å². The van der Waals surface area contributed by atoms with Gasteiger partial charge in [0.15, 0.2) is 0 Å². The Bertz CT molecular complexity index is 98.7. The molecule has 0 aliphatic heterocycles. The van der Waals surface area contributed by atoms with Crippen molar-refractivity contribution in [3.8, 4) is 0 Å². The van der Waals surface area contributed by atoms with Gasteiger partial charge >= 0.3 is 0 Å². The van der Waals surface area contributed by atoms with E-state index >= 15 is 0 Å². The number of rotatable bonds is 6. The third kappa shape index (κ3) is 97.4. The van der Waals surface area contributed by atoms with Crippen LogP contribution in [-0.4, -0.2) is 79.6 Å². The highest BCUT2D eigenvalue weighted by atomic mass is 16.3. The van der Waals surface area contributed by atoms with E-state index in [9.17, 15) is 0 Å². The van der Waals surface area contributed by atoms with Crippen LogP contribution in [0, 0.1) is 0 Å². The molecule has 0 heterocycles. The van der Waals surface area contributed by atoms with Crippen molar-refractivity contribution in [2.45, 2.75) is 19.4 Å². The molecule has 1 unspecified atom stereocenters. The van der Waals surface area contributed by atoms with Crippen LogP contribution in [0.2, 0.25) is 0 Å². The van der Waals surface area contributed by atoms with Gasteiger partial charge in [0.05, 0.1) is 19.3 Å². The third-order valence-corrected chi connectivity index (χ3v) is 1.19. The predicted molar refractivity (Wildman–Crippen MR) is 78.6 cm³/mol. The van der Waals surface area contributed by atoms with Crippen LogP contribution in [0.1, 0.15) is 13.3 Å². The van der Waals surface area contributed by atoms with Crippen LogP contribution in [0.3, 0.4) is 0 Å². The van der Waals surface area contributed by atoms with Gasteiger partial charge in [0, 0.05) is 26.2 Å². The topological polar surface area (TPSA) is 171 Å². The molecule has 0 radical (unpaired) electrons. The molecule has 0 saturated heterocycles. The van der Waals surface area contributed by atoms with Gasteiger partial charge in [-0.1, -0.05) is 0 Å². The van der Waals surface area contributed by atoms with Crippen molar-refractivity contribution in [2.75, 3.05) is 53.0 Å². The molecule has 0 aromatic rings. The van der Waals surface area contributed by atoms with Crippen molar-refractivity contribution < 1.29 is 20.4 Å². The van der Waals surface area contributed by atoms with Gasteiger partial charge in [-0.15, -0.1) is 0 Å². The molecule has 0 bridgehead atoms. The lowest BCUT2D eigenvalue weighted by molar-refractivity contribution is 0.203. The monoisotopic (exact) mass is 286 g/mol. The number of aliphatic hydroxyl groups is 4. The Kier molecular flexibility index (Phi) is 51.4. The minimum absolute atomic E-state index is 0.0972. The second kappa shape index (κ2) is 36.1. The van der Waals surface area contributed by atoms with Crippen LogP contribution in [0.15, 0.2) is 0 Å². The molecule has 0 saturated carbocycles. The van der Waals surface area contributed by atoms with Crippen molar-refractivity contribution >= 4 is 0 Å². The Morgan fingerprint density at radius 2 is 1.37 bits per heavy atom. The maximum absolute atomic E-state index is 8.24. The fraction of sp³-hybridized carbons (Fsp3) is 1.00. The van der Waals surface area contributed by atoms with E-state index in [0.717, 1.165) is 6.42 Å². The molecule has 0 aromatic heterocycles. The summed E-state index contributed by atoms with van der Waals surface area (Å²) in [5, 5.41) is 34.7. The van der Waals surface area contributed by atoms with Crippen LogP contribution < -0.4 is 22.5 Å². The number of hydrogen-bond donors (Lipinski definition) is 8. The molecular weight excluding hydrogens is 252 g/mol. The molecule has 8 heteroatoms. The average molecular weight is 286 g/mol. The zero-order chi connectivity index (χ0) is 15.9. The van der Waals surface area contributed by atoms with E-state index in [4.69, 9.17) is 37.6 Å². The number of aliphatic hydroxyl groups excluding tert-OH is 4. The number of nitrogens with two attached hydrogens (primary N) is 3. The lowest BCUT2D eigenvalue weighted by atomic mass is 10.4. The second-order valence-corrected chi connectivity index (χ2v) is 3.29. The molecule has 11 N–H and O–H groups in total. The minimum atomic E-state index is -0.338. The van der Waals surface area contributed by atoms with E-state index in [1.807, 2.05) is 0 Å². The van der Waals surface area contributed by atoms with Crippen molar-refractivity contribution in [3.05, 3.63) is 0 Å². The van der Waals surface area contributed by atoms with E-state index in [1.165, 1.54) is 0 Å². The zero-order valence-corrected chi connectivity index (χ0v) is 12.3. The first-order valence-electron chi connectivity index (χ1n) is 6.27. The standard InChI is InChI=1S/3C3H9NO.C2H7NO/c1-4-2-3-5;1-3(5)2-4;4-2-1-3-5;3-1-2-4/h4-5H,2-3H2,1H3;3,5H,2,4H2,1H3;5H,1-4H2;4H,1-3H2. The molecular formula is C11H34N4O4. The molecule has 0 aliphatic rings. The summed E-state index contributed by atoms with van der Waals surface area (Å²) in [5.74, 6) is 0. The molecule has 0 aromatic carbocycles. The largest absolute Gasteiger partial charge is 0.396 e. The van der Waals surface area contributed by atoms with Crippen molar-refractivity contribution in [1.82, 2.24) is 5.32 Å². The molecule has 1 atom stereocenters. The van der Waals surface area contributed by atoms with E-state index in [1.54, 1.807) is 14.0 Å². The molecule has 122 valence electrons. The lowest BCUT2D eigenvalue weighted by Crippen LogP contribution is -2.14. The fourth-order valence-corrected chi connectivity index (χ4v) is 0.203.